The molecule has 0 N–H and O–H groups in total. The van der Waals surface area contributed by atoms with Gasteiger partial charge in [0.2, 0.25) is 11.8 Å². The molecule has 2 fully saturated rings. The maximum Gasteiger partial charge on any atom is 0.229 e. The quantitative estimate of drug-likeness (QED) is 0.860. The Morgan fingerprint density at radius 3 is 2.74 bits per heavy atom. The van der Waals surface area contributed by atoms with Crippen LogP contribution in [0, 0.1) is 12.8 Å². The SMILES string of the molecule is Cc1noc(C2CCN(C(=O)[C@H]3C[C@H]3c3cnn(C)c3)CC2)n1. The lowest BCUT2D eigenvalue weighted by molar-refractivity contribution is -0.133. The van der Waals surface area contributed by atoms with Gasteiger partial charge in [0.15, 0.2) is 5.82 Å². The molecule has 1 saturated heterocycles. The van der Waals surface area contributed by atoms with Gasteiger partial charge in [-0.25, -0.2) is 0 Å². The third-order valence-electron chi connectivity index (χ3n) is 4.96. The highest BCUT2D eigenvalue weighted by Crippen LogP contribution is 2.48. The van der Waals surface area contributed by atoms with Crippen LogP contribution in [-0.4, -0.2) is 43.8 Å². The second-order valence-corrected chi connectivity index (χ2v) is 6.68. The van der Waals surface area contributed by atoms with Crippen molar-refractivity contribution in [2.75, 3.05) is 13.1 Å². The molecule has 0 aromatic carbocycles. The Bertz CT molecular complexity index is 714. The molecule has 2 aromatic rings. The summed E-state index contributed by atoms with van der Waals surface area (Å²) in [5.41, 5.74) is 1.18. The van der Waals surface area contributed by atoms with Crippen molar-refractivity contribution >= 4 is 5.91 Å². The number of carbonyl (C=O) groups is 1. The first-order valence-electron chi connectivity index (χ1n) is 8.19. The van der Waals surface area contributed by atoms with Crippen molar-refractivity contribution in [3.63, 3.8) is 0 Å². The van der Waals surface area contributed by atoms with Gasteiger partial charge in [-0.05, 0) is 37.7 Å². The van der Waals surface area contributed by atoms with Gasteiger partial charge in [-0.1, -0.05) is 5.16 Å². The Morgan fingerprint density at radius 2 is 2.13 bits per heavy atom. The number of hydrogen-bond acceptors (Lipinski definition) is 5. The molecule has 0 spiro atoms. The molecule has 23 heavy (non-hydrogen) atoms. The molecule has 2 atom stereocenters. The molecule has 3 heterocycles. The van der Waals surface area contributed by atoms with Crippen molar-refractivity contribution in [2.24, 2.45) is 13.0 Å². The summed E-state index contributed by atoms with van der Waals surface area (Å²) in [6.07, 6.45) is 6.65. The molecule has 1 aliphatic carbocycles. The number of carbonyl (C=O) groups excluding carboxylic acids is 1. The minimum absolute atomic E-state index is 0.140. The smallest absolute Gasteiger partial charge is 0.229 e. The molecular formula is C16H21N5O2. The van der Waals surface area contributed by atoms with Crippen LogP contribution in [0.2, 0.25) is 0 Å². The second-order valence-electron chi connectivity index (χ2n) is 6.68. The van der Waals surface area contributed by atoms with Crippen molar-refractivity contribution in [3.8, 4) is 0 Å². The molecule has 122 valence electrons. The fourth-order valence-electron chi connectivity index (χ4n) is 3.53. The van der Waals surface area contributed by atoms with Crippen molar-refractivity contribution in [1.29, 1.82) is 0 Å². The summed E-state index contributed by atoms with van der Waals surface area (Å²) in [6.45, 7) is 3.39. The zero-order valence-corrected chi connectivity index (χ0v) is 13.5. The number of likely N-dealkylation sites (tertiary alicyclic amines) is 1. The molecule has 1 aliphatic heterocycles. The van der Waals surface area contributed by atoms with Gasteiger partial charge in [0.05, 0.1) is 6.20 Å². The van der Waals surface area contributed by atoms with Crippen LogP contribution in [0.1, 0.15) is 48.4 Å². The molecular weight excluding hydrogens is 294 g/mol. The molecule has 1 saturated carbocycles. The first-order chi connectivity index (χ1) is 11.1. The first-order valence-corrected chi connectivity index (χ1v) is 8.19. The van der Waals surface area contributed by atoms with Gasteiger partial charge in [-0.2, -0.15) is 10.1 Å². The van der Waals surface area contributed by atoms with Crippen LogP contribution < -0.4 is 0 Å². The Morgan fingerprint density at radius 1 is 1.35 bits per heavy atom. The minimum atomic E-state index is 0.140. The predicted molar refractivity (Wildman–Crippen MR) is 81.6 cm³/mol. The maximum atomic E-state index is 12.6. The summed E-state index contributed by atoms with van der Waals surface area (Å²) < 4.78 is 7.06. The van der Waals surface area contributed by atoms with Gasteiger partial charge < -0.3 is 9.42 Å². The van der Waals surface area contributed by atoms with Crippen LogP contribution >= 0.6 is 0 Å². The number of amides is 1. The molecule has 7 nitrogen and oxygen atoms in total. The van der Waals surface area contributed by atoms with Gasteiger partial charge in [0, 0.05) is 38.2 Å². The normalized spacial score (nSPS) is 24.9. The zero-order chi connectivity index (χ0) is 16.0. The Balaban J connectivity index is 1.33. The van der Waals surface area contributed by atoms with E-state index in [-0.39, 0.29) is 11.8 Å². The number of hydrogen-bond donors (Lipinski definition) is 0. The van der Waals surface area contributed by atoms with Crippen molar-refractivity contribution in [2.45, 2.75) is 38.0 Å². The second kappa shape index (κ2) is 5.47. The molecule has 0 unspecified atom stereocenters. The van der Waals surface area contributed by atoms with E-state index < -0.39 is 0 Å². The van der Waals surface area contributed by atoms with E-state index in [2.05, 4.69) is 15.2 Å². The Labute approximate surface area is 134 Å². The van der Waals surface area contributed by atoms with Crippen LogP contribution in [0.25, 0.3) is 0 Å². The maximum absolute atomic E-state index is 12.6. The highest BCUT2D eigenvalue weighted by atomic mass is 16.5. The van der Waals surface area contributed by atoms with E-state index in [1.165, 1.54) is 5.56 Å². The van der Waals surface area contributed by atoms with Gasteiger partial charge in [-0.15, -0.1) is 0 Å². The number of nitrogens with zero attached hydrogens (tertiary/aromatic N) is 5. The summed E-state index contributed by atoms with van der Waals surface area (Å²) in [6, 6.07) is 0. The average molecular weight is 315 g/mol. The van der Waals surface area contributed by atoms with Crippen LogP contribution in [0.4, 0.5) is 0 Å². The van der Waals surface area contributed by atoms with Crippen LogP contribution in [0.5, 0.6) is 0 Å². The molecule has 0 bridgehead atoms. The van der Waals surface area contributed by atoms with E-state index in [9.17, 15) is 4.79 Å². The Hall–Kier alpha value is -2.18. The largest absolute Gasteiger partial charge is 0.342 e. The average Bonchev–Trinajstić information content (AvgIpc) is 3.05. The molecule has 0 radical (unpaired) electrons. The van der Waals surface area contributed by atoms with Crippen LogP contribution in [-0.2, 0) is 11.8 Å². The first kappa shape index (κ1) is 14.4. The van der Waals surface area contributed by atoms with Gasteiger partial charge in [0.25, 0.3) is 0 Å². The molecule has 1 amide bonds. The lowest BCUT2D eigenvalue weighted by Crippen LogP contribution is -2.39. The lowest BCUT2D eigenvalue weighted by Gasteiger charge is -2.30. The van der Waals surface area contributed by atoms with Crippen molar-refractivity contribution in [3.05, 3.63) is 29.7 Å². The standard InChI is InChI=1S/C16H21N5O2/c1-10-18-15(23-19-10)11-3-5-21(6-4-11)16(22)14-7-13(14)12-8-17-20(2)9-12/h8-9,11,13-14H,3-7H2,1-2H3/t13-,14-/m0/s1. The van der Waals surface area contributed by atoms with Crippen LogP contribution in [0.15, 0.2) is 16.9 Å². The summed E-state index contributed by atoms with van der Waals surface area (Å²) in [5, 5.41) is 8.05. The fourth-order valence-corrected chi connectivity index (χ4v) is 3.53. The van der Waals surface area contributed by atoms with Gasteiger partial charge in [0.1, 0.15) is 0 Å². The van der Waals surface area contributed by atoms with E-state index in [0.717, 1.165) is 32.4 Å². The third-order valence-corrected chi connectivity index (χ3v) is 4.96. The number of aryl methyl sites for hydroxylation is 2. The molecule has 2 aromatic heterocycles. The predicted octanol–water partition coefficient (Wildman–Crippen LogP) is 1.62. The van der Waals surface area contributed by atoms with Crippen molar-refractivity contribution < 1.29 is 9.32 Å². The Kier molecular flexibility index (Phi) is 3.43. The van der Waals surface area contributed by atoms with E-state index in [0.29, 0.717) is 23.5 Å². The monoisotopic (exact) mass is 315 g/mol. The highest BCUT2D eigenvalue weighted by Gasteiger charge is 2.46. The number of piperidine rings is 1. The van der Waals surface area contributed by atoms with E-state index in [1.54, 1.807) is 4.68 Å². The molecule has 7 heteroatoms. The molecule has 4 rings (SSSR count). The van der Waals surface area contributed by atoms with Gasteiger partial charge >= 0.3 is 0 Å². The van der Waals surface area contributed by atoms with Crippen LogP contribution in [0.3, 0.4) is 0 Å². The third kappa shape index (κ3) is 2.75. The summed E-state index contributed by atoms with van der Waals surface area (Å²) in [7, 11) is 1.91. The number of rotatable bonds is 3. The summed E-state index contributed by atoms with van der Waals surface area (Å²) >= 11 is 0. The van der Waals surface area contributed by atoms with E-state index in [4.69, 9.17) is 4.52 Å². The fraction of sp³-hybridized carbons (Fsp3) is 0.625. The van der Waals surface area contributed by atoms with E-state index >= 15 is 0 Å². The molecule has 2 aliphatic rings. The van der Waals surface area contributed by atoms with Crippen molar-refractivity contribution in [1.82, 2.24) is 24.8 Å². The zero-order valence-electron chi connectivity index (χ0n) is 13.5. The minimum Gasteiger partial charge on any atom is -0.342 e. The van der Waals surface area contributed by atoms with E-state index in [1.807, 2.05) is 31.3 Å². The number of aromatic nitrogens is 4. The summed E-state index contributed by atoms with van der Waals surface area (Å²) in [4.78, 5) is 19.0. The highest BCUT2D eigenvalue weighted by molar-refractivity contribution is 5.83. The summed E-state index contributed by atoms with van der Waals surface area (Å²) in [5.74, 6) is 2.46. The van der Waals surface area contributed by atoms with Gasteiger partial charge in [-0.3, -0.25) is 9.48 Å². The lowest BCUT2D eigenvalue weighted by atomic mass is 9.96. The topological polar surface area (TPSA) is 77.0 Å².